The van der Waals surface area contributed by atoms with Gasteiger partial charge in [0.25, 0.3) is 0 Å². The number of allylic oxidation sites excluding steroid dienone is 1. The van der Waals surface area contributed by atoms with E-state index in [1.54, 1.807) is 11.9 Å². The Morgan fingerprint density at radius 1 is 1.19 bits per heavy atom. The predicted molar refractivity (Wildman–Crippen MR) is 113 cm³/mol. The van der Waals surface area contributed by atoms with E-state index in [0.29, 0.717) is 0 Å². The molecule has 1 aromatic carbocycles. The monoisotopic (exact) mass is 365 g/mol. The van der Waals surface area contributed by atoms with Crippen molar-refractivity contribution in [2.24, 2.45) is 0 Å². The predicted octanol–water partition coefficient (Wildman–Crippen LogP) is 4.52. The fraction of sp³-hybridized carbons (Fsp3) is 0.318. The molecule has 0 spiro atoms. The van der Waals surface area contributed by atoms with Crippen LogP contribution in [-0.4, -0.2) is 30.5 Å². The second-order valence-corrected chi connectivity index (χ2v) is 7.23. The second kappa shape index (κ2) is 10.8. The van der Waals surface area contributed by atoms with Crippen molar-refractivity contribution in [3.8, 4) is 11.8 Å². The summed E-state index contributed by atoms with van der Waals surface area (Å²) >= 11 is 1.64. The molecule has 0 aliphatic carbocycles. The molecular weight excluding hydrogens is 338 g/mol. The highest BCUT2D eigenvalue weighted by Crippen LogP contribution is 2.19. The molecule has 0 bridgehead atoms. The lowest BCUT2D eigenvalue weighted by Gasteiger charge is -2.09. The Morgan fingerprint density at radius 2 is 1.96 bits per heavy atom. The van der Waals surface area contributed by atoms with Gasteiger partial charge in [0.1, 0.15) is 0 Å². The standard InChI is InChI=1S/C22H27N3S/c1-5-6-9-22-18(2)23-15-14-20(22)17-24-26-21-12-10-19(11-13-21)8-7-16-25(3)4/h6,9-15,24H,5,16-17H2,1-4H3/b9-6-. The molecular formula is C22H27N3S. The number of benzene rings is 1. The maximum Gasteiger partial charge on any atom is 0.0600 e. The van der Waals surface area contributed by atoms with Crippen molar-refractivity contribution in [1.82, 2.24) is 14.6 Å². The first kappa shape index (κ1) is 20.3. The Hall–Kier alpha value is -2.06. The first-order chi connectivity index (χ1) is 12.6. The third kappa shape index (κ3) is 6.68. The van der Waals surface area contributed by atoms with Gasteiger partial charge in [-0.15, -0.1) is 0 Å². The van der Waals surface area contributed by atoms with E-state index < -0.39 is 0 Å². The van der Waals surface area contributed by atoms with Crippen LogP contribution in [0.5, 0.6) is 0 Å². The number of hydrogen-bond acceptors (Lipinski definition) is 4. The second-order valence-electron chi connectivity index (χ2n) is 6.27. The number of pyridine rings is 1. The molecule has 1 heterocycles. The zero-order chi connectivity index (χ0) is 18.8. The summed E-state index contributed by atoms with van der Waals surface area (Å²) in [7, 11) is 4.04. The van der Waals surface area contributed by atoms with E-state index >= 15 is 0 Å². The number of aromatic nitrogens is 1. The summed E-state index contributed by atoms with van der Waals surface area (Å²) in [6, 6.07) is 10.4. The third-order valence-corrected chi connectivity index (χ3v) is 4.53. The fourth-order valence-electron chi connectivity index (χ4n) is 2.35. The van der Waals surface area contributed by atoms with Gasteiger partial charge < -0.3 is 0 Å². The third-order valence-electron chi connectivity index (χ3n) is 3.73. The lowest BCUT2D eigenvalue weighted by Crippen LogP contribution is -2.10. The molecule has 0 saturated carbocycles. The Morgan fingerprint density at radius 3 is 2.65 bits per heavy atom. The summed E-state index contributed by atoms with van der Waals surface area (Å²) in [4.78, 5) is 7.64. The summed E-state index contributed by atoms with van der Waals surface area (Å²) in [5, 5.41) is 0. The van der Waals surface area contributed by atoms with Crippen LogP contribution in [0.25, 0.3) is 6.08 Å². The maximum absolute atomic E-state index is 4.40. The molecule has 0 aliphatic rings. The molecule has 0 saturated heterocycles. The lowest BCUT2D eigenvalue weighted by molar-refractivity contribution is 0.464. The van der Waals surface area contributed by atoms with E-state index in [4.69, 9.17) is 0 Å². The van der Waals surface area contributed by atoms with Crippen LogP contribution in [0.15, 0.2) is 47.5 Å². The SMILES string of the molecule is CC/C=C\c1c(CNSc2ccc(C#CCN(C)C)cc2)ccnc1C. The zero-order valence-electron chi connectivity index (χ0n) is 16.0. The molecule has 0 atom stereocenters. The molecule has 0 amide bonds. The summed E-state index contributed by atoms with van der Waals surface area (Å²) in [5.74, 6) is 6.34. The van der Waals surface area contributed by atoms with Gasteiger partial charge in [0.05, 0.1) is 6.54 Å². The summed E-state index contributed by atoms with van der Waals surface area (Å²) in [6.07, 6.45) is 7.25. The summed E-state index contributed by atoms with van der Waals surface area (Å²) in [5.41, 5.74) is 4.60. The van der Waals surface area contributed by atoms with Gasteiger partial charge in [0.2, 0.25) is 0 Å². The smallest absolute Gasteiger partial charge is 0.0600 e. The van der Waals surface area contributed by atoms with Crippen LogP contribution < -0.4 is 4.72 Å². The average molecular weight is 366 g/mol. The molecule has 3 nitrogen and oxygen atoms in total. The molecule has 1 aromatic heterocycles. The molecule has 1 N–H and O–H groups in total. The first-order valence-electron chi connectivity index (χ1n) is 8.84. The fourth-order valence-corrected chi connectivity index (χ4v) is 3.02. The lowest BCUT2D eigenvalue weighted by atomic mass is 10.1. The van der Waals surface area contributed by atoms with E-state index in [1.165, 1.54) is 16.0 Å². The number of nitrogens with one attached hydrogen (secondary N) is 1. The Labute approximate surface area is 162 Å². The van der Waals surface area contributed by atoms with Crippen LogP contribution >= 0.6 is 11.9 Å². The van der Waals surface area contributed by atoms with E-state index in [9.17, 15) is 0 Å². The van der Waals surface area contributed by atoms with Crippen LogP contribution in [0.2, 0.25) is 0 Å². The minimum absolute atomic E-state index is 0.776. The number of nitrogens with zero attached hydrogens (tertiary/aromatic N) is 2. The van der Waals surface area contributed by atoms with E-state index in [1.807, 2.05) is 20.3 Å². The van der Waals surface area contributed by atoms with Crippen LogP contribution in [-0.2, 0) is 6.54 Å². The molecule has 0 fully saturated rings. The normalized spacial score (nSPS) is 11.0. The largest absolute Gasteiger partial charge is 0.299 e. The molecule has 26 heavy (non-hydrogen) atoms. The minimum atomic E-state index is 0.776. The average Bonchev–Trinajstić information content (AvgIpc) is 2.62. The molecule has 0 aliphatic heterocycles. The summed E-state index contributed by atoms with van der Waals surface area (Å²) < 4.78 is 3.45. The van der Waals surface area contributed by atoms with Crippen LogP contribution in [0.3, 0.4) is 0 Å². The van der Waals surface area contributed by atoms with E-state index in [2.05, 4.69) is 82.8 Å². The minimum Gasteiger partial charge on any atom is -0.299 e. The van der Waals surface area contributed by atoms with Gasteiger partial charge in [0.15, 0.2) is 0 Å². The van der Waals surface area contributed by atoms with Gasteiger partial charge in [-0.2, -0.15) is 0 Å². The number of hydrogen-bond donors (Lipinski definition) is 1. The van der Waals surface area contributed by atoms with Gasteiger partial charge in [-0.3, -0.25) is 14.6 Å². The van der Waals surface area contributed by atoms with Gasteiger partial charge in [-0.1, -0.05) is 30.9 Å². The Bertz CT molecular complexity index is 783. The highest BCUT2D eigenvalue weighted by atomic mass is 32.2. The topological polar surface area (TPSA) is 28.2 Å². The van der Waals surface area contributed by atoms with Crippen molar-refractivity contribution >= 4 is 18.0 Å². The van der Waals surface area contributed by atoms with Gasteiger partial charge in [0, 0.05) is 28.9 Å². The molecule has 2 aromatic rings. The quantitative estimate of drug-likeness (QED) is 0.577. The maximum atomic E-state index is 4.40. The highest BCUT2D eigenvalue weighted by Gasteiger charge is 2.04. The number of aryl methyl sites for hydroxylation is 1. The van der Waals surface area contributed by atoms with Crippen molar-refractivity contribution < 1.29 is 0 Å². The van der Waals surface area contributed by atoms with Crippen LogP contribution in [0.4, 0.5) is 0 Å². The molecule has 2 rings (SSSR count). The van der Waals surface area contributed by atoms with Gasteiger partial charge >= 0.3 is 0 Å². The van der Waals surface area contributed by atoms with Gasteiger partial charge in [-0.25, -0.2) is 0 Å². The van der Waals surface area contributed by atoms with Crippen molar-refractivity contribution in [2.75, 3.05) is 20.6 Å². The number of rotatable bonds is 7. The molecule has 0 unspecified atom stereocenters. The first-order valence-corrected chi connectivity index (χ1v) is 9.66. The van der Waals surface area contributed by atoms with E-state index in [-0.39, 0.29) is 0 Å². The Balaban J connectivity index is 1.93. The van der Waals surface area contributed by atoms with Crippen molar-refractivity contribution in [3.05, 3.63) is 65.0 Å². The van der Waals surface area contributed by atoms with E-state index in [0.717, 1.165) is 30.8 Å². The summed E-state index contributed by atoms with van der Waals surface area (Å²) in [6.45, 7) is 5.77. The van der Waals surface area contributed by atoms with Crippen LogP contribution in [0, 0.1) is 18.8 Å². The highest BCUT2D eigenvalue weighted by molar-refractivity contribution is 7.97. The van der Waals surface area contributed by atoms with Crippen molar-refractivity contribution in [1.29, 1.82) is 0 Å². The zero-order valence-corrected chi connectivity index (χ0v) is 16.9. The molecule has 0 radical (unpaired) electrons. The molecule has 4 heteroatoms. The Kier molecular flexibility index (Phi) is 8.43. The van der Waals surface area contributed by atoms with Crippen molar-refractivity contribution in [3.63, 3.8) is 0 Å². The van der Waals surface area contributed by atoms with Crippen LogP contribution in [0.1, 0.15) is 35.7 Å². The van der Waals surface area contributed by atoms with Crippen molar-refractivity contribution in [2.45, 2.75) is 31.7 Å². The van der Waals surface area contributed by atoms with Gasteiger partial charge in [-0.05, 0) is 80.8 Å². The molecule has 136 valence electrons.